The van der Waals surface area contributed by atoms with Gasteiger partial charge in [0.2, 0.25) is 0 Å². The summed E-state index contributed by atoms with van der Waals surface area (Å²) in [5.74, 6) is -0.673. The first kappa shape index (κ1) is 31.4. The molecule has 32 heavy (non-hydrogen) atoms. The van der Waals surface area contributed by atoms with Crippen molar-refractivity contribution in [2.24, 2.45) is 0 Å². The zero-order valence-corrected chi connectivity index (χ0v) is 21.8. The van der Waals surface area contributed by atoms with Gasteiger partial charge in [0.25, 0.3) is 0 Å². The summed E-state index contributed by atoms with van der Waals surface area (Å²) in [4.78, 5) is 10.4. The van der Waals surface area contributed by atoms with E-state index in [1.165, 1.54) is 122 Å². The van der Waals surface area contributed by atoms with E-state index in [0.717, 1.165) is 38.5 Å². The highest BCUT2D eigenvalue weighted by Crippen LogP contribution is 2.16. The Morgan fingerprint density at radius 2 is 0.781 bits per heavy atom. The van der Waals surface area contributed by atoms with E-state index < -0.39 is 5.97 Å². The summed E-state index contributed by atoms with van der Waals surface area (Å²) < 4.78 is 0. The van der Waals surface area contributed by atoms with E-state index >= 15 is 0 Å². The zero-order valence-electron chi connectivity index (χ0n) is 21.8. The summed E-state index contributed by atoms with van der Waals surface area (Å²) in [7, 11) is 0. The summed E-state index contributed by atoms with van der Waals surface area (Å²) >= 11 is 0. The van der Waals surface area contributed by atoms with Gasteiger partial charge < -0.3 is 10.2 Å². The molecule has 192 valence electrons. The molecule has 0 aromatic carbocycles. The lowest BCUT2D eigenvalue weighted by atomic mass is 10.0. The molecule has 0 heterocycles. The highest BCUT2D eigenvalue weighted by molar-refractivity contribution is 5.66. The van der Waals surface area contributed by atoms with Crippen LogP contribution in [0.15, 0.2) is 0 Å². The molecule has 1 atom stereocenters. The van der Waals surface area contributed by atoms with Gasteiger partial charge in [-0.2, -0.15) is 0 Å². The van der Waals surface area contributed by atoms with E-state index in [4.69, 9.17) is 5.11 Å². The molecule has 3 heteroatoms. The van der Waals surface area contributed by atoms with Gasteiger partial charge in [0.1, 0.15) is 0 Å². The van der Waals surface area contributed by atoms with Crippen LogP contribution in [-0.2, 0) is 4.79 Å². The van der Waals surface area contributed by atoms with Crippen LogP contribution in [0.3, 0.4) is 0 Å². The second kappa shape index (κ2) is 26.7. The van der Waals surface area contributed by atoms with Crippen LogP contribution < -0.4 is 0 Å². The van der Waals surface area contributed by atoms with Crippen LogP contribution in [0.4, 0.5) is 0 Å². The predicted octanol–water partition coefficient (Wildman–Crippen LogP) is 9.59. The summed E-state index contributed by atoms with van der Waals surface area (Å²) in [5, 5.41) is 18.8. The minimum atomic E-state index is -0.673. The monoisotopic (exact) mass is 454 g/mol. The van der Waals surface area contributed by atoms with Crippen LogP contribution in [-0.4, -0.2) is 22.3 Å². The van der Waals surface area contributed by atoms with Crippen molar-refractivity contribution in [1.82, 2.24) is 0 Å². The highest BCUT2D eigenvalue weighted by Gasteiger charge is 2.04. The number of hydrogen-bond acceptors (Lipinski definition) is 2. The summed E-state index contributed by atoms with van der Waals surface area (Å²) in [6.45, 7) is 2.28. The van der Waals surface area contributed by atoms with Crippen molar-refractivity contribution in [2.45, 2.75) is 180 Å². The molecule has 0 amide bonds. The molecular weight excluding hydrogens is 396 g/mol. The van der Waals surface area contributed by atoms with E-state index in [-0.39, 0.29) is 6.10 Å². The molecule has 2 N–H and O–H groups in total. The van der Waals surface area contributed by atoms with Crippen molar-refractivity contribution in [3.63, 3.8) is 0 Å². The molecule has 0 bridgehead atoms. The van der Waals surface area contributed by atoms with E-state index in [2.05, 4.69) is 6.92 Å². The number of carboxylic acids is 1. The number of carbonyl (C=O) groups is 1. The topological polar surface area (TPSA) is 57.5 Å². The van der Waals surface area contributed by atoms with Gasteiger partial charge >= 0.3 is 5.97 Å². The van der Waals surface area contributed by atoms with Crippen molar-refractivity contribution < 1.29 is 15.0 Å². The largest absolute Gasteiger partial charge is 0.481 e. The number of aliphatic hydroxyl groups is 1. The van der Waals surface area contributed by atoms with E-state index in [1.54, 1.807) is 0 Å². The van der Waals surface area contributed by atoms with Gasteiger partial charge in [-0.1, -0.05) is 148 Å². The first-order chi connectivity index (χ1) is 15.7. The molecule has 0 radical (unpaired) electrons. The fourth-order valence-electron chi connectivity index (χ4n) is 4.61. The molecule has 0 saturated heterocycles. The Labute approximate surface area is 201 Å². The number of aliphatic hydroxyl groups excluding tert-OH is 1. The fourth-order valence-corrected chi connectivity index (χ4v) is 4.61. The lowest BCUT2D eigenvalue weighted by Gasteiger charge is -2.10. The van der Waals surface area contributed by atoms with E-state index in [1.807, 2.05) is 0 Å². The predicted molar refractivity (Wildman–Crippen MR) is 139 cm³/mol. The Morgan fingerprint density at radius 3 is 1.09 bits per heavy atom. The summed E-state index contributed by atoms with van der Waals surface area (Å²) in [6.07, 6.45) is 32.2. The number of aliphatic carboxylic acids is 1. The van der Waals surface area contributed by atoms with Crippen molar-refractivity contribution in [3.8, 4) is 0 Å². The zero-order chi connectivity index (χ0) is 23.5. The summed E-state index contributed by atoms with van der Waals surface area (Å²) in [5.41, 5.74) is 0. The van der Waals surface area contributed by atoms with Crippen molar-refractivity contribution in [2.75, 3.05) is 0 Å². The Balaban J connectivity index is 3.14. The Morgan fingerprint density at radius 1 is 0.500 bits per heavy atom. The number of rotatable bonds is 27. The number of unbranched alkanes of at least 4 members (excludes halogenated alkanes) is 21. The average Bonchev–Trinajstić information content (AvgIpc) is 2.77. The molecule has 0 aliphatic rings. The third kappa shape index (κ3) is 27.5. The normalized spacial score (nSPS) is 12.3. The lowest BCUT2D eigenvalue weighted by Crippen LogP contribution is -2.05. The maximum atomic E-state index is 10.4. The highest BCUT2D eigenvalue weighted by atomic mass is 16.4. The van der Waals surface area contributed by atoms with Gasteiger partial charge in [-0.05, 0) is 19.3 Å². The minimum Gasteiger partial charge on any atom is -0.481 e. The summed E-state index contributed by atoms with van der Waals surface area (Å²) in [6, 6.07) is 0. The van der Waals surface area contributed by atoms with Crippen LogP contribution in [0.2, 0.25) is 0 Å². The molecular formula is C29H58O3. The molecule has 0 rings (SSSR count). The van der Waals surface area contributed by atoms with Crippen LogP contribution in [0.25, 0.3) is 0 Å². The van der Waals surface area contributed by atoms with Gasteiger partial charge in [-0.25, -0.2) is 0 Å². The Kier molecular flexibility index (Phi) is 26.2. The smallest absolute Gasteiger partial charge is 0.303 e. The standard InChI is InChI=1S/C29H58O3/c1-2-3-4-5-6-7-8-9-10-11-12-13-16-19-22-25-28(30)26-23-20-17-14-15-18-21-24-27-29(31)32/h28,30H,2-27H2,1H3,(H,31,32). The third-order valence-electron chi connectivity index (χ3n) is 6.82. The molecule has 0 aromatic heterocycles. The lowest BCUT2D eigenvalue weighted by molar-refractivity contribution is -0.137. The molecule has 3 nitrogen and oxygen atoms in total. The third-order valence-corrected chi connectivity index (χ3v) is 6.82. The maximum absolute atomic E-state index is 10.4. The van der Waals surface area contributed by atoms with Gasteiger partial charge in [0.15, 0.2) is 0 Å². The van der Waals surface area contributed by atoms with Gasteiger partial charge in [-0.15, -0.1) is 0 Å². The molecule has 0 aromatic rings. The molecule has 0 saturated carbocycles. The molecule has 1 unspecified atom stereocenters. The van der Waals surface area contributed by atoms with E-state index in [9.17, 15) is 9.90 Å². The van der Waals surface area contributed by atoms with Gasteiger partial charge in [-0.3, -0.25) is 4.79 Å². The van der Waals surface area contributed by atoms with Crippen LogP contribution in [0.5, 0.6) is 0 Å². The second-order valence-electron chi connectivity index (χ2n) is 10.2. The van der Waals surface area contributed by atoms with Crippen LogP contribution in [0, 0.1) is 0 Å². The number of carboxylic acid groups (broad SMARTS) is 1. The van der Waals surface area contributed by atoms with E-state index in [0.29, 0.717) is 6.42 Å². The SMILES string of the molecule is CCCCCCCCCCCCCCCCCC(O)CCCCCCCCCCC(=O)O. The molecule has 0 aliphatic heterocycles. The van der Waals surface area contributed by atoms with Crippen LogP contribution in [0.1, 0.15) is 174 Å². The van der Waals surface area contributed by atoms with Crippen molar-refractivity contribution in [3.05, 3.63) is 0 Å². The quantitative estimate of drug-likeness (QED) is 0.121. The van der Waals surface area contributed by atoms with Gasteiger partial charge in [0.05, 0.1) is 6.10 Å². The first-order valence-corrected chi connectivity index (χ1v) is 14.6. The molecule has 0 spiro atoms. The maximum Gasteiger partial charge on any atom is 0.303 e. The number of hydrogen-bond donors (Lipinski definition) is 2. The van der Waals surface area contributed by atoms with Crippen LogP contribution >= 0.6 is 0 Å². The first-order valence-electron chi connectivity index (χ1n) is 14.6. The fraction of sp³-hybridized carbons (Fsp3) is 0.966. The average molecular weight is 455 g/mol. The van der Waals surface area contributed by atoms with Crippen molar-refractivity contribution >= 4 is 5.97 Å². The molecule has 0 aliphatic carbocycles. The second-order valence-corrected chi connectivity index (χ2v) is 10.2. The molecule has 0 fully saturated rings. The Bertz CT molecular complexity index is 369. The van der Waals surface area contributed by atoms with Gasteiger partial charge in [0, 0.05) is 6.42 Å². The minimum absolute atomic E-state index is 0.0898. The Hall–Kier alpha value is -0.570. The van der Waals surface area contributed by atoms with Crippen molar-refractivity contribution in [1.29, 1.82) is 0 Å².